The van der Waals surface area contributed by atoms with Gasteiger partial charge in [-0.3, -0.25) is 24.2 Å². The Bertz CT molecular complexity index is 1190. The van der Waals surface area contributed by atoms with Crippen LogP contribution in [-0.2, 0) is 16.0 Å². The lowest BCUT2D eigenvalue weighted by atomic mass is 10.1. The monoisotopic (exact) mass is 514 g/mol. The standard InChI is InChI=1S/C26H30N4O3S.ClH/c1-4-18-7-12-21-22(17-18)34-26(27-21)29(16-15-28(5-2)6-3)25(33)19-8-10-20(11-9-19)30-23(31)13-14-24(30)32;/h7-12,17H,4-6,13-16H2,1-3H3;1H. The van der Waals surface area contributed by atoms with E-state index in [-0.39, 0.29) is 43.0 Å². The molecule has 0 N–H and O–H groups in total. The van der Waals surface area contributed by atoms with E-state index in [9.17, 15) is 14.4 Å². The fourth-order valence-corrected chi connectivity index (χ4v) is 5.18. The predicted octanol–water partition coefficient (Wildman–Crippen LogP) is 4.92. The van der Waals surface area contributed by atoms with E-state index in [2.05, 4.69) is 37.8 Å². The molecule has 3 aromatic rings. The number of aromatic nitrogens is 1. The van der Waals surface area contributed by atoms with Gasteiger partial charge in [-0.15, -0.1) is 12.4 Å². The van der Waals surface area contributed by atoms with Crippen LogP contribution in [-0.4, -0.2) is 53.8 Å². The van der Waals surface area contributed by atoms with Crippen LogP contribution in [0.5, 0.6) is 0 Å². The van der Waals surface area contributed by atoms with Gasteiger partial charge in [-0.2, -0.15) is 0 Å². The summed E-state index contributed by atoms with van der Waals surface area (Å²) in [4.78, 5) is 47.7. The summed E-state index contributed by atoms with van der Waals surface area (Å²) in [6.45, 7) is 9.42. The fourth-order valence-electron chi connectivity index (χ4n) is 4.13. The highest BCUT2D eigenvalue weighted by Gasteiger charge is 2.30. The number of carbonyl (C=O) groups is 3. The van der Waals surface area contributed by atoms with E-state index in [1.807, 2.05) is 6.07 Å². The molecular formula is C26H31ClN4O3S. The van der Waals surface area contributed by atoms with Gasteiger partial charge in [0.2, 0.25) is 11.8 Å². The van der Waals surface area contributed by atoms with Crippen molar-refractivity contribution in [3.05, 3.63) is 53.6 Å². The van der Waals surface area contributed by atoms with Gasteiger partial charge in [-0.1, -0.05) is 38.2 Å². The van der Waals surface area contributed by atoms with E-state index in [1.165, 1.54) is 21.8 Å². The van der Waals surface area contributed by atoms with Crippen LogP contribution in [0.2, 0.25) is 0 Å². The van der Waals surface area contributed by atoms with Crippen molar-refractivity contribution in [2.24, 2.45) is 0 Å². The highest BCUT2D eigenvalue weighted by atomic mass is 35.5. The maximum Gasteiger partial charge on any atom is 0.260 e. The molecule has 186 valence electrons. The summed E-state index contributed by atoms with van der Waals surface area (Å²) in [6.07, 6.45) is 1.41. The summed E-state index contributed by atoms with van der Waals surface area (Å²) < 4.78 is 1.07. The molecule has 1 aliphatic heterocycles. The Morgan fingerprint density at radius 2 is 1.63 bits per heavy atom. The van der Waals surface area contributed by atoms with Crippen LogP contribution < -0.4 is 9.80 Å². The van der Waals surface area contributed by atoms with Gasteiger partial charge in [-0.25, -0.2) is 4.98 Å². The number of imide groups is 1. The number of carbonyl (C=O) groups excluding carboxylic acids is 3. The lowest BCUT2D eigenvalue weighted by Gasteiger charge is -2.25. The van der Waals surface area contributed by atoms with Crippen LogP contribution in [0.3, 0.4) is 0 Å². The third-order valence-corrected chi connectivity index (χ3v) is 7.33. The summed E-state index contributed by atoms with van der Waals surface area (Å²) >= 11 is 1.53. The van der Waals surface area contributed by atoms with Crippen LogP contribution in [0.25, 0.3) is 10.2 Å². The highest BCUT2D eigenvalue weighted by Crippen LogP contribution is 2.31. The summed E-state index contributed by atoms with van der Waals surface area (Å²) in [5.74, 6) is -0.552. The second-order valence-corrected chi connectivity index (χ2v) is 9.31. The number of halogens is 1. The third kappa shape index (κ3) is 5.72. The summed E-state index contributed by atoms with van der Waals surface area (Å²) in [5, 5.41) is 0.675. The predicted molar refractivity (Wildman–Crippen MR) is 144 cm³/mol. The molecule has 9 heteroatoms. The molecule has 35 heavy (non-hydrogen) atoms. The molecule has 2 aromatic carbocycles. The number of hydrogen-bond acceptors (Lipinski definition) is 6. The Balaban J connectivity index is 0.00000342. The molecule has 0 spiro atoms. The van der Waals surface area contributed by atoms with E-state index in [0.717, 1.165) is 36.3 Å². The zero-order valence-electron chi connectivity index (χ0n) is 20.3. The maximum atomic E-state index is 13.6. The van der Waals surface area contributed by atoms with Gasteiger partial charge in [0.25, 0.3) is 5.91 Å². The van der Waals surface area contributed by atoms with Crippen LogP contribution >= 0.6 is 23.7 Å². The molecule has 0 radical (unpaired) electrons. The molecule has 7 nitrogen and oxygen atoms in total. The van der Waals surface area contributed by atoms with Gasteiger partial charge in [-0.05, 0) is 61.5 Å². The van der Waals surface area contributed by atoms with Crippen LogP contribution in [0.1, 0.15) is 49.5 Å². The number of likely N-dealkylation sites (N-methyl/N-ethyl adjacent to an activating group) is 1. The largest absolute Gasteiger partial charge is 0.302 e. The molecule has 1 saturated heterocycles. The zero-order chi connectivity index (χ0) is 24.2. The van der Waals surface area contributed by atoms with Gasteiger partial charge in [0, 0.05) is 31.5 Å². The van der Waals surface area contributed by atoms with Gasteiger partial charge in [0.15, 0.2) is 5.13 Å². The molecular weight excluding hydrogens is 484 g/mol. The van der Waals surface area contributed by atoms with Crippen LogP contribution in [0.4, 0.5) is 10.8 Å². The van der Waals surface area contributed by atoms with Crippen molar-refractivity contribution in [3.63, 3.8) is 0 Å². The minimum atomic E-state index is -0.203. The van der Waals surface area contributed by atoms with Gasteiger partial charge < -0.3 is 4.90 Å². The lowest BCUT2D eigenvalue weighted by Crippen LogP contribution is -2.39. The first kappa shape index (κ1) is 26.8. The Kier molecular flexibility index (Phi) is 8.99. The van der Waals surface area contributed by atoms with Crippen molar-refractivity contribution >= 4 is 62.5 Å². The molecule has 0 bridgehead atoms. The Morgan fingerprint density at radius 3 is 2.23 bits per heavy atom. The normalized spacial score (nSPS) is 13.5. The van der Waals surface area contributed by atoms with Crippen molar-refractivity contribution in [3.8, 4) is 0 Å². The highest BCUT2D eigenvalue weighted by molar-refractivity contribution is 7.22. The summed E-state index contributed by atoms with van der Waals surface area (Å²) in [7, 11) is 0. The van der Waals surface area contributed by atoms with E-state index < -0.39 is 0 Å². The van der Waals surface area contributed by atoms with Crippen molar-refractivity contribution in [1.29, 1.82) is 0 Å². The number of nitrogens with zero attached hydrogens (tertiary/aromatic N) is 4. The summed E-state index contributed by atoms with van der Waals surface area (Å²) in [5.41, 5.74) is 3.13. The van der Waals surface area contributed by atoms with Crippen molar-refractivity contribution in [1.82, 2.24) is 9.88 Å². The first-order valence-electron chi connectivity index (χ1n) is 11.8. The molecule has 0 unspecified atom stereocenters. The second kappa shape index (κ2) is 11.7. The first-order valence-corrected chi connectivity index (χ1v) is 12.7. The van der Waals surface area contributed by atoms with E-state index in [1.54, 1.807) is 29.2 Å². The number of aryl methyl sites for hydroxylation is 1. The molecule has 1 aliphatic rings. The fraction of sp³-hybridized carbons (Fsp3) is 0.385. The van der Waals surface area contributed by atoms with Crippen molar-refractivity contribution < 1.29 is 14.4 Å². The molecule has 0 aliphatic carbocycles. The molecule has 0 atom stereocenters. The van der Waals surface area contributed by atoms with E-state index >= 15 is 0 Å². The number of hydrogen-bond donors (Lipinski definition) is 0. The first-order chi connectivity index (χ1) is 16.4. The lowest BCUT2D eigenvalue weighted by molar-refractivity contribution is -0.121. The number of thiazole rings is 1. The van der Waals surface area contributed by atoms with Crippen LogP contribution in [0, 0.1) is 0 Å². The average molecular weight is 515 g/mol. The van der Waals surface area contributed by atoms with Gasteiger partial charge in [0.05, 0.1) is 15.9 Å². The molecule has 4 rings (SSSR count). The number of rotatable bonds is 9. The smallest absolute Gasteiger partial charge is 0.260 e. The van der Waals surface area contributed by atoms with Gasteiger partial charge >= 0.3 is 0 Å². The quantitative estimate of drug-likeness (QED) is 0.379. The molecule has 0 saturated carbocycles. The zero-order valence-corrected chi connectivity index (χ0v) is 22.0. The Morgan fingerprint density at radius 1 is 0.971 bits per heavy atom. The number of anilines is 2. The molecule has 2 heterocycles. The molecule has 1 aromatic heterocycles. The van der Waals surface area contributed by atoms with Crippen LogP contribution in [0.15, 0.2) is 42.5 Å². The maximum absolute atomic E-state index is 13.6. The average Bonchev–Trinajstić information content (AvgIpc) is 3.43. The van der Waals surface area contributed by atoms with E-state index in [0.29, 0.717) is 22.9 Å². The SMILES string of the molecule is CCc1ccc2nc(N(CCN(CC)CC)C(=O)c3ccc(N4C(=O)CCC4=O)cc3)sc2c1.Cl. The number of amides is 3. The minimum absolute atomic E-state index is 0. The number of fused-ring (bicyclic) bond motifs is 1. The second-order valence-electron chi connectivity index (χ2n) is 8.31. The third-order valence-electron chi connectivity index (χ3n) is 6.28. The van der Waals surface area contributed by atoms with E-state index in [4.69, 9.17) is 4.98 Å². The number of benzene rings is 2. The van der Waals surface area contributed by atoms with Crippen molar-refractivity contribution in [2.75, 3.05) is 36.0 Å². The van der Waals surface area contributed by atoms with Gasteiger partial charge in [0.1, 0.15) is 0 Å². The topological polar surface area (TPSA) is 73.8 Å². The van der Waals surface area contributed by atoms with Crippen molar-refractivity contribution in [2.45, 2.75) is 40.0 Å². The Hall–Kier alpha value is -2.81. The molecule has 3 amide bonds. The Labute approximate surface area is 216 Å². The molecule has 1 fully saturated rings. The minimum Gasteiger partial charge on any atom is -0.302 e. The summed E-state index contributed by atoms with van der Waals surface area (Å²) in [6, 6.07) is 12.9.